The summed E-state index contributed by atoms with van der Waals surface area (Å²) in [5.74, 6) is 0. The van der Waals surface area contributed by atoms with E-state index in [1.54, 1.807) is 5.57 Å². The van der Waals surface area contributed by atoms with Crippen LogP contribution >= 0.6 is 0 Å². The van der Waals surface area contributed by atoms with Gasteiger partial charge in [0.2, 0.25) is 0 Å². The molecule has 1 N–H and O–H groups in total. The molecule has 0 aliphatic carbocycles. The molecule has 0 spiro atoms. The molecule has 1 aromatic rings. The Kier molecular flexibility index (Phi) is 9.06. The largest absolute Gasteiger partial charge is 0.307 e. The number of benzene rings is 1. The molecule has 0 radical (unpaired) electrons. The minimum Gasteiger partial charge on any atom is -0.307 e. The highest BCUT2D eigenvalue weighted by molar-refractivity contribution is 5.28. The molecular weight excluding hydrogens is 242 g/mol. The third kappa shape index (κ3) is 5.92. The fourth-order valence-electron chi connectivity index (χ4n) is 2.51. The zero-order valence-electron chi connectivity index (χ0n) is 13.5. The van der Waals surface area contributed by atoms with Crippen LogP contribution in [0.4, 0.5) is 0 Å². The summed E-state index contributed by atoms with van der Waals surface area (Å²) < 4.78 is 0. The third-order valence-electron chi connectivity index (χ3n) is 3.62. The fraction of sp³-hybridized carbons (Fsp3) is 0.579. The molecule has 0 saturated heterocycles. The lowest BCUT2D eigenvalue weighted by Gasteiger charge is -2.23. The van der Waals surface area contributed by atoms with E-state index in [2.05, 4.69) is 62.5 Å². The van der Waals surface area contributed by atoms with Crippen LogP contribution in [0.25, 0.3) is 0 Å². The summed E-state index contributed by atoms with van der Waals surface area (Å²) in [6.07, 6.45) is 9.78. The van der Waals surface area contributed by atoms with Crippen LogP contribution in [-0.4, -0.2) is 6.54 Å². The van der Waals surface area contributed by atoms with Gasteiger partial charge in [-0.2, -0.15) is 0 Å². The summed E-state index contributed by atoms with van der Waals surface area (Å²) in [4.78, 5) is 0. The van der Waals surface area contributed by atoms with Gasteiger partial charge < -0.3 is 5.32 Å². The molecule has 112 valence electrons. The van der Waals surface area contributed by atoms with Gasteiger partial charge in [0.15, 0.2) is 0 Å². The zero-order chi connectivity index (χ0) is 14.6. The molecule has 1 nitrogen and oxygen atoms in total. The average Bonchev–Trinajstić information content (AvgIpc) is 2.49. The summed E-state index contributed by atoms with van der Waals surface area (Å²) in [6.45, 7) is 7.87. The predicted molar refractivity (Wildman–Crippen MR) is 90.0 cm³/mol. The van der Waals surface area contributed by atoms with E-state index in [0.29, 0.717) is 6.04 Å². The van der Waals surface area contributed by atoms with E-state index in [9.17, 15) is 0 Å². The Morgan fingerprint density at radius 1 is 1.05 bits per heavy atom. The van der Waals surface area contributed by atoms with Crippen LogP contribution in [0.1, 0.15) is 70.9 Å². The lowest BCUT2D eigenvalue weighted by atomic mass is 9.94. The van der Waals surface area contributed by atoms with Gasteiger partial charge in [-0.25, -0.2) is 0 Å². The molecule has 0 amide bonds. The van der Waals surface area contributed by atoms with E-state index in [0.717, 1.165) is 6.54 Å². The van der Waals surface area contributed by atoms with Gasteiger partial charge in [0.25, 0.3) is 0 Å². The minimum atomic E-state index is 0.397. The number of nitrogens with one attached hydrogen (secondary N) is 1. The number of unbranched alkanes of at least 4 members (excludes halogenated alkanes) is 2. The van der Waals surface area contributed by atoms with Gasteiger partial charge in [0.05, 0.1) is 6.04 Å². The summed E-state index contributed by atoms with van der Waals surface area (Å²) in [5, 5.41) is 3.76. The van der Waals surface area contributed by atoms with E-state index in [4.69, 9.17) is 0 Å². The standard InChI is InChI=1S/C19H31N/c1-4-7-13-17(12-6-3)19(20-16-8-5-2)18-14-10-9-11-15-18/h9-11,13-15,19-20H,4-8,12,16H2,1-3H3/b17-13+. The number of hydrogen-bond donors (Lipinski definition) is 1. The van der Waals surface area contributed by atoms with Crippen molar-refractivity contribution in [1.29, 1.82) is 0 Å². The van der Waals surface area contributed by atoms with Gasteiger partial charge in [0.1, 0.15) is 0 Å². The monoisotopic (exact) mass is 273 g/mol. The van der Waals surface area contributed by atoms with Gasteiger partial charge in [-0.05, 0) is 31.4 Å². The minimum absolute atomic E-state index is 0.397. The second kappa shape index (κ2) is 10.7. The van der Waals surface area contributed by atoms with Crippen molar-refractivity contribution in [3.8, 4) is 0 Å². The molecule has 0 fully saturated rings. The third-order valence-corrected chi connectivity index (χ3v) is 3.62. The van der Waals surface area contributed by atoms with Crippen molar-refractivity contribution in [1.82, 2.24) is 5.32 Å². The molecule has 0 aliphatic heterocycles. The molecular formula is C19H31N. The first-order valence-corrected chi connectivity index (χ1v) is 8.30. The van der Waals surface area contributed by atoms with Crippen LogP contribution in [0.3, 0.4) is 0 Å². The average molecular weight is 273 g/mol. The Bertz CT molecular complexity index is 367. The van der Waals surface area contributed by atoms with E-state index in [1.807, 2.05) is 0 Å². The Hall–Kier alpha value is -1.08. The van der Waals surface area contributed by atoms with Crippen molar-refractivity contribution in [2.24, 2.45) is 0 Å². The molecule has 1 unspecified atom stereocenters. The van der Waals surface area contributed by atoms with Crippen LogP contribution in [0.15, 0.2) is 42.0 Å². The van der Waals surface area contributed by atoms with Crippen LogP contribution < -0.4 is 5.32 Å². The van der Waals surface area contributed by atoms with Crippen LogP contribution in [0.2, 0.25) is 0 Å². The fourth-order valence-corrected chi connectivity index (χ4v) is 2.51. The molecule has 1 rings (SSSR count). The first-order chi connectivity index (χ1) is 9.83. The smallest absolute Gasteiger partial charge is 0.0536 e. The Morgan fingerprint density at radius 2 is 1.80 bits per heavy atom. The zero-order valence-corrected chi connectivity index (χ0v) is 13.5. The lowest BCUT2D eigenvalue weighted by molar-refractivity contribution is 0.553. The van der Waals surface area contributed by atoms with Crippen LogP contribution in [0, 0.1) is 0 Å². The lowest BCUT2D eigenvalue weighted by Crippen LogP contribution is -2.24. The van der Waals surface area contributed by atoms with Gasteiger partial charge >= 0.3 is 0 Å². The normalized spacial score (nSPS) is 13.4. The second-order valence-electron chi connectivity index (χ2n) is 5.47. The van der Waals surface area contributed by atoms with Crippen molar-refractivity contribution in [2.45, 2.75) is 65.3 Å². The molecule has 0 aliphatic rings. The predicted octanol–water partition coefficient (Wildman–Crippen LogP) is 5.64. The van der Waals surface area contributed by atoms with Crippen molar-refractivity contribution in [3.05, 3.63) is 47.5 Å². The molecule has 0 saturated carbocycles. The second-order valence-corrected chi connectivity index (χ2v) is 5.47. The number of hydrogen-bond acceptors (Lipinski definition) is 1. The van der Waals surface area contributed by atoms with E-state index < -0.39 is 0 Å². The highest BCUT2D eigenvalue weighted by Crippen LogP contribution is 2.26. The Labute approximate surface area is 125 Å². The van der Waals surface area contributed by atoms with Gasteiger partial charge in [-0.3, -0.25) is 0 Å². The molecule has 1 aromatic carbocycles. The van der Waals surface area contributed by atoms with Crippen molar-refractivity contribution in [3.63, 3.8) is 0 Å². The maximum absolute atomic E-state index is 3.76. The molecule has 20 heavy (non-hydrogen) atoms. The van der Waals surface area contributed by atoms with Crippen LogP contribution in [0.5, 0.6) is 0 Å². The Balaban J connectivity index is 2.88. The van der Waals surface area contributed by atoms with Crippen molar-refractivity contribution in [2.75, 3.05) is 6.54 Å². The molecule has 1 heteroatoms. The summed E-state index contributed by atoms with van der Waals surface area (Å²) in [5.41, 5.74) is 2.97. The SMILES string of the molecule is CCC/C=C(\CCC)C(NCCCC)c1ccccc1. The van der Waals surface area contributed by atoms with E-state index in [-0.39, 0.29) is 0 Å². The number of rotatable bonds is 10. The van der Waals surface area contributed by atoms with Gasteiger partial charge in [-0.1, -0.05) is 82.0 Å². The quantitative estimate of drug-likeness (QED) is 0.429. The van der Waals surface area contributed by atoms with Crippen molar-refractivity contribution >= 4 is 0 Å². The van der Waals surface area contributed by atoms with E-state index in [1.165, 1.54) is 44.1 Å². The van der Waals surface area contributed by atoms with Crippen molar-refractivity contribution < 1.29 is 0 Å². The van der Waals surface area contributed by atoms with E-state index >= 15 is 0 Å². The maximum Gasteiger partial charge on any atom is 0.0536 e. The topological polar surface area (TPSA) is 12.0 Å². The molecule has 0 heterocycles. The first kappa shape index (κ1) is 17.0. The molecule has 0 aromatic heterocycles. The Morgan fingerprint density at radius 3 is 2.40 bits per heavy atom. The summed E-state index contributed by atoms with van der Waals surface area (Å²) in [6, 6.07) is 11.3. The maximum atomic E-state index is 3.76. The highest BCUT2D eigenvalue weighted by Gasteiger charge is 2.14. The highest BCUT2D eigenvalue weighted by atomic mass is 14.9. The molecule has 0 bridgehead atoms. The first-order valence-electron chi connectivity index (χ1n) is 8.30. The molecule has 1 atom stereocenters. The van der Waals surface area contributed by atoms with Crippen LogP contribution in [-0.2, 0) is 0 Å². The van der Waals surface area contributed by atoms with Gasteiger partial charge in [-0.15, -0.1) is 0 Å². The number of allylic oxidation sites excluding steroid dienone is 1. The summed E-state index contributed by atoms with van der Waals surface area (Å²) >= 11 is 0. The van der Waals surface area contributed by atoms with Gasteiger partial charge in [0, 0.05) is 0 Å². The summed E-state index contributed by atoms with van der Waals surface area (Å²) in [7, 11) is 0.